The summed E-state index contributed by atoms with van der Waals surface area (Å²) in [6.45, 7) is 27.3. The van der Waals surface area contributed by atoms with Crippen molar-refractivity contribution in [2.75, 3.05) is 0 Å². The van der Waals surface area contributed by atoms with Gasteiger partial charge in [0.1, 0.15) is 0 Å². The van der Waals surface area contributed by atoms with Crippen molar-refractivity contribution >= 4 is 49.0 Å². The van der Waals surface area contributed by atoms with E-state index in [1.807, 2.05) is 37.1 Å². The van der Waals surface area contributed by atoms with Crippen LogP contribution in [-0.4, -0.2) is 11.9 Å². The van der Waals surface area contributed by atoms with E-state index in [1.54, 1.807) is 0 Å². The summed E-state index contributed by atoms with van der Waals surface area (Å²) in [7, 11) is -1.39. The van der Waals surface area contributed by atoms with Crippen LogP contribution in [-0.2, 0) is 50.4 Å². The summed E-state index contributed by atoms with van der Waals surface area (Å²) >= 11 is 0. The molecule has 4 aromatic rings. The normalized spacial score (nSPS) is 12.6. The minimum atomic E-state index is -1.08. The maximum absolute atomic E-state index is 8.89. The summed E-state index contributed by atoms with van der Waals surface area (Å²) < 4.78 is 0. The van der Waals surface area contributed by atoms with E-state index >= 15 is 0 Å². The first kappa shape index (κ1) is 48.5. The molecule has 0 saturated carbocycles. The summed E-state index contributed by atoms with van der Waals surface area (Å²) in [4.78, 5) is 17.8. The van der Waals surface area contributed by atoms with Crippen molar-refractivity contribution in [3.05, 3.63) is 204 Å². The van der Waals surface area contributed by atoms with Gasteiger partial charge in [0.05, 0.1) is 0 Å². The second kappa shape index (κ2) is 24.8. The van der Waals surface area contributed by atoms with Crippen LogP contribution in [0.25, 0.3) is 0 Å². The van der Waals surface area contributed by atoms with Gasteiger partial charge in [-0.15, -0.1) is 12.2 Å². The van der Waals surface area contributed by atoms with Crippen molar-refractivity contribution in [1.82, 2.24) is 0 Å². The molecule has 0 spiro atoms. The number of allylic oxidation sites excluding steroid dienone is 10. The predicted octanol–water partition coefficient (Wildman–Crippen LogP) is 6.77. The Hall–Kier alpha value is -3.56. The molecular formula is C46H42O4P2Pd2. The van der Waals surface area contributed by atoms with Crippen molar-refractivity contribution in [2.45, 2.75) is 41.5 Å². The second-order valence-electron chi connectivity index (χ2n) is 11.8. The Labute approximate surface area is 352 Å². The van der Waals surface area contributed by atoms with Crippen molar-refractivity contribution < 1.29 is 60.6 Å². The number of hydrogen-bond donors (Lipinski definition) is 0. The number of carbonyl (C=O) groups excluding carboxylic acids is 2. The summed E-state index contributed by atoms with van der Waals surface area (Å²) in [5.41, 5.74) is 6.42. The summed E-state index contributed by atoms with van der Waals surface area (Å²) in [5.74, 6) is -2.17. The maximum Gasteiger partial charge on any atom is 2.00 e. The zero-order chi connectivity index (χ0) is 38.2. The number of aliphatic carboxylic acids is 2. The van der Waals surface area contributed by atoms with Crippen LogP contribution in [0.3, 0.4) is 0 Å². The molecule has 4 nitrogen and oxygen atoms in total. The topological polar surface area (TPSA) is 80.3 Å². The first-order chi connectivity index (χ1) is 24.8. The van der Waals surface area contributed by atoms with E-state index in [0.29, 0.717) is 11.1 Å². The van der Waals surface area contributed by atoms with Crippen LogP contribution in [0.2, 0.25) is 0 Å². The van der Waals surface area contributed by atoms with Gasteiger partial charge in [-0.1, -0.05) is 137 Å². The van der Waals surface area contributed by atoms with Crippen LogP contribution in [0.4, 0.5) is 0 Å². The van der Waals surface area contributed by atoms with Crippen molar-refractivity contribution in [3.63, 3.8) is 0 Å². The molecule has 4 radical (unpaired) electrons. The Kier molecular flexibility index (Phi) is 22.2. The standard InChI is InChI=1S/2C21H18P.2C2H4O2.2Pd/c2*1-16-10-4-7-13-19(16)22(20-14-8-5-11-17(20)2)21-15-9-6-12-18(21)3;2*1-2(3)4;;/h2*4-15H,1-2H3;2*1H3,(H,3,4);;/q2*-1;;;2*+2/p-2. The summed E-state index contributed by atoms with van der Waals surface area (Å²) in [6, 6.07) is 34.2. The maximum atomic E-state index is 8.89. The predicted molar refractivity (Wildman–Crippen MR) is 215 cm³/mol. The van der Waals surface area contributed by atoms with Crippen molar-refractivity contribution in [2.24, 2.45) is 0 Å². The van der Waals surface area contributed by atoms with Gasteiger partial charge in [0.25, 0.3) is 0 Å². The third-order valence-corrected chi connectivity index (χ3v) is 13.4. The molecule has 54 heavy (non-hydrogen) atoms. The molecule has 4 aromatic carbocycles. The van der Waals surface area contributed by atoms with Crippen molar-refractivity contribution in [3.8, 4) is 0 Å². The van der Waals surface area contributed by atoms with E-state index in [-0.39, 0.29) is 40.8 Å². The fourth-order valence-corrected chi connectivity index (χ4v) is 10.7. The van der Waals surface area contributed by atoms with E-state index in [4.69, 9.17) is 33.0 Å². The summed E-state index contributed by atoms with van der Waals surface area (Å²) in [5, 5.41) is 25.4. The van der Waals surface area contributed by atoms with Crippen LogP contribution in [0.1, 0.15) is 36.1 Å². The van der Waals surface area contributed by atoms with E-state index in [2.05, 4.69) is 137 Å². The molecule has 0 N–H and O–H groups in total. The number of benzene rings is 4. The molecule has 0 amide bonds. The number of carbonyl (C=O) groups is 2. The fraction of sp³-hybridized carbons (Fsp3) is 0.130. The first-order valence-electron chi connectivity index (χ1n) is 16.6. The molecule has 0 atom stereocenters. The van der Waals surface area contributed by atoms with Gasteiger partial charge in [0.15, 0.2) is 0 Å². The van der Waals surface area contributed by atoms with Crippen molar-refractivity contribution in [1.29, 1.82) is 0 Å². The molecule has 0 fully saturated rings. The molecule has 2 aliphatic rings. The minimum absolute atomic E-state index is 0. The van der Waals surface area contributed by atoms with Gasteiger partial charge < -0.3 is 33.0 Å². The molecule has 0 aromatic heterocycles. The fourth-order valence-electron chi connectivity index (χ4n) is 5.37. The van der Waals surface area contributed by atoms with Gasteiger partial charge >= 0.3 is 40.8 Å². The molecule has 8 heteroatoms. The Morgan fingerprint density at radius 3 is 0.889 bits per heavy atom. The van der Waals surface area contributed by atoms with Crippen LogP contribution in [0, 0.1) is 53.7 Å². The number of hydrogen-bond acceptors (Lipinski definition) is 4. The third kappa shape index (κ3) is 14.6. The number of rotatable bonds is 6. The zero-order valence-corrected chi connectivity index (χ0v) is 35.9. The Balaban J connectivity index is 0.000000437. The second-order valence-corrected chi connectivity index (χ2v) is 16.1. The smallest absolute Gasteiger partial charge is 0.550 e. The number of carboxylic acid groups (broad SMARTS) is 2. The molecule has 0 aliphatic heterocycles. The average molecular weight is 934 g/mol. The summed E-state index contributed by atoms with van der Waals surface area (Å²) in [6.07, 6.45) is 15.9. The molecule has 2 aliphatic carbocycles. The van der Waals surface area contributed by atoms with Gasteiger partial charge in [-0.3, -0.25) is 0 Å². The largest absolute Gasteiger partial charge is 2.00 e. The van der Waals surface area contributed by atoms with Gasteiger partial charge in [0.2, 0.25) is 0 Å². The quantitative estimate of drug-likeness (QED) is 0.122. The van der Waals surface area contributed by atoms with Crippen LogP contribution in [0.5, 0.6) is 0 Å². The third-order valence-electron chi connectivity index (χ3n) is 7.72. The van der Waals surface area contributed by atoms with Gasteiger partial charge in [-0.05, 0) is 97.9 Å². The van der Waals surface area contributed by atoms with Crippen LogP contribution < -0.4 is 31.4 Å². The Morgan fingerprint density at radius 1 is 0.463 bits per heavy atom. The molecule has 0 saturated heterocycles. The first-order valence-corrected chi connectivity index (χ1v) is 19.3. The van der Waals surface area contributed by atoms with Gasteiger partial charge in [-0.2, -0.15) is 10.6 Å². The van der Waals surface area contributed by atoms with E-state index in [1.165, 1.54) is 43.5 Å². The Morgan fingerprint density at radius 2 is 0.685 bits per heavy atom. The zero-order valence-electron chi connectivity index (χ0n) is 31.0. The molecule has 0 bridgehead atoms. The van der Waals surface area contributed by atoms with Crippen LogP contribution >= 0.6 is 15.8 Å². The number of carboxylic acids is 2. The SMILES string of the molecule is CC(=O)[O-].CC(=O)[O-].[C-]=C1[CH]C=CC=C1P(c1ccccc1C)c1ccccc1C.[C-]=C1[CH]C=CC=C1P(c1ccccc1C)c1ccccc1C.[Pd+2].[Pd+2]. The molecule has 280 valence electrons. The molecular weight excluding hydrogens is 891 g/mol. The molecule has 6 rings (SSSR count). The number of aryl methyl sites for hydroxylation is 4. The monoisotopic (exact) mass is 932 g/mol. The molecule has 0 unspecified atom stereocenters. The average Bonchev–Trinajstić information content (AvgIpc) is 3.10. The van der Waals surface area contributed by atoms with E-state index in [0.717, 1.165) is 24.5 Å². The van der Waals surface area contributed by atoms with Gasteiger partial charge in [-0.25, -0.2) is 11.1 Å². The van der Waals surface area contributed by atoms with Gasteiger partial charge in [0, 0.05) is 11.9 Å². The van der Waals surface area contributed by atoms with Crippen LogP contribution in [0.15, 0.2) is 155 Å². The minimum Gasteiger partial charge on any atom is -0.550 e. The molecule has 0 heterocycles. The Bertz CT molecular complexity index is 1780. The van der Waals surface area contributed by atoms with E-state index < -0.39 is 27.8 Å². The van der Waals surface area contributed by atoms with E-state index in [9.17, 15) is 0 Å².